The molecule has 0 bridgehead atoms. The zero-order valence-corrected chi connectivity index (χ0v) is 8.43. The van der Waals surface area contributed by atoms with Crippen LogP contribution in [0.15, 0.2) is 15.3 Å². The lowest BCUT2D eigenvalue weighted by atomic mass is 10.2. The van der Waals surface area contributed by atoms with Crippen molar-refractivity contribution in [1.82, 2.24) is 15.3 Å². The predicted molar refractivity (Wildman–Crippen MR) is 51.9 cm³/mol. The number of nitrogens with two attached hydrogens (primary N) is 1. The first-order chi connectivity index (χ1) is 7.31. The van der Waals surface area contributed by atoms with E-state index in [0.29, 0.717) is 24.7 Å². The molecule has 0 unspecified atom stereocenters. The SMILES string of the molecule is Cc1nocc1-c1noc(CCCN)n1. The molecular weight excluding hydrogens is 196 g/mol. The van der Waals surface area contributed by atoms with E-state index in [-0.39, 0.29) is 0 Å². The zero-order valence-electron chi connectivity index (χ0n) is 8.43. The maximum atomic E-state index is 5.39. The van der Waals surface area contributed by atoms with E-state index in [0.717, 1.165) is 17.7 Å². The summed E-state index contributed by atoms with van der Waals surface area (Å²) >= 11 is 0. The van der Waals surface area contributed by atoms with Crippen LogP contribution in [0.1, 0.15) is 18.0 Å². The van der Waals surface area contributed by atoms with Crippen molar-refractivity contribution in [2.24, 2.45) is 5.73 Å². The van der Waals surface area contributed by atoms with Crippen molar-refractivity contribution in [3.8, 4) is 11.4 Å². The Balaban J connectivity index is 2.17. The molecule has 2 aromatic rings. The Labute approximate surface area is 86.4 Å². The van der Waals surface area contributed by atoms with Crippen LogP contribution in [0.5, 0.6) is 0 Å². The van der Waals surface area contributed by atoms with Gasteiger partial charge >= 0.3 is 0 Å². The first kappa shape index (κ1) is 9.85. The summed E-state index contributed by atoms with van der Waals surface area (Å²) in [5, 5.41) is 7.59. The molecule has 2 N–H and O–H groups in total. The van der Waals surface area contributed by atoms with E-state index >= 15 is 0 Å². The molecule has 0 saturated heterocycles. The summed E-state index contributed by atoms with van der Waals surface area (Å²) in [5.74, 6) is 1.11. The lowest BCUT2D eigenvalue weighted by Crippen LogP contribution is -2.00. The summed E-state index contributed by atoms with van der Waals surface area (Å²) < 4.78 is 9.86. The van der Waals surface area contributed by atoms with Gasteiger partial charge in [0.05, 0.1) is 11.3 Å². The van der Waals surface area contributed by atoms with Gasteiger partial charge in [0.2, 0.25) is 11.7 Å². The summed E-state index contributed by atoms with van der Waals surface area (Å²) in [6, 6.07) is 0. The van der Waals surface area contributed by atoms with Gasteiger partial charge in [-0.3, -0.25) is 0 Å². The highest BCUT2D eigenvalue weighted by Gasteiger charge is 2.13. The molecular formula is C9H12N4O2. The molecule has 2 heterocycles. The van der Waals surface area contributed by atoms with E-state index in [1.807, 2.05) is 6.92 Å². The molecule has 15 heavy (non-hydrogen) atoms. The Morgan fingerprint density at radius 3 is 2.93 bits per heavy atom. The van der Waals surface area contributed by atoms with Crippen LogP contribution in [-0.4, -0.2) is 21.8 Å². The van der Waals surface area contributed by atoms with E-state index in [1.165, 1.54) is 6.26 Å². The smallest absolute Gasteiger partial charge is 0.227 e. The summed E-state index contributed by atoms with van der Waals surface area (Å²) in [6.07, 6.45) is 3.05. The van der Waals surface area contributed by atoms with Crippen molar-refractivity contribution >= 4 is 0 Å². The van der Waals surface area contributed by atoms with Crippen molar-refractivity contribution in [3.05, 3.63) is 17.8 Å². The summed E-state index contributed by atoms with van der Waals surface area (Å²) in [5.41, 5.74) is 6.90. The first-order valence-electron chi connectivity index (χ1n) is 4.75. The Hall–Kier alpha value is -1.69. The molecule has 0 radical (unpaired) electrons. The summed E-state index contributed by atoms with van der Waals surface area (Å²) in [4.78, 5) is 4.22. The summed E-state index contributed by atoms with van der Waals surface area (Å²) in [6.45, 7) is 2.44. The largest absolute Gasteiger partial charge is 0.364 e. The number of hydrogen-bond acceptors (Lipinski definition) is 6. The van der Waals surface area contributed by atoms with E-state index < -0.39 is 0 Å². The first-order valence-corrected chi connectivity index (χ1v) is 4.75. The maximum Gasteiger partial charge on any atom is 0.227 e. The third-order valence-electron chi connectivity index (χ3n) is 2.05. The third-order valence-corrected chi connectivity index (χ3v) is 2.05. The highest BCUT2D eigenvalue weighted by molar-refractivity contribution is 5.54. The van der Waals surface area contributed by atoms with Crippen LogP contribution < -0.4 is 5.73 Å². The summed E-state index contributed by atoms with van der Waals surface area (Å²) in [7, 11) is 0. The highest BCUT2D eigenvalue weighted by Crippen LogP contribution is 2.19. The average molecular weight is 208 g/mol. The molecule has 0 saturated carbocycles. The van der Waals surface area contributed by atoms with Crippen LogP contribution in [0.3, 0.4) is 0 Å². The van der Waals surface area contributed by atoms with Gasteiger partial charge in [-0.2, -0.15) is 4.98 Å². The highest BCUT2D eigenvalue weighted by atomic mass is 16.5. The Kier molecular flexibility index (Phi) is 2.77. The Bertz CT molecular complexity index is 435. The number of hydrogen-bond donors (Lipinski definition) is 1. The fourth-order valence-corrected chi connectivity index (χ4v) is 1.23. The minimum absolute atomic E-state index is 0.515. The monoisotopic (exact) mass is 208 g/mol. The van der Waals surface area contributed by atoms with Gasteiger partial charge < -0.3 is 14.8 Å². The zero-order chi connectivity index (χ0) is 10.7. The second kappa shape index (κ2) is 4.22. The van der Waals surface area contributed by atoms with Crippen molar-refractivity contribution < 1.29 is 9.05 Å². The number of aromatic nitrogens is 3. The molecule has 0 aromatic carbocycles. The van der Waals surface area contributed by atoms with Gasteiger partial charge in [-0.1, -0.05) is 10.3 Å². The van der Waals surface area contributed by atoms with Crippen LogP contribution in [0.2, 0.25) is 0 Å². The molecule has 0 aliphatic heterocycles. The van der Waals surface area contributed by atoms with Gasteiger partial charge in [-0.25, -0.2) is 0 Å². The fourth-order valence-electron chi connectivity index (χ4n) is 1.23. The third kappa shape index (κ3) is 2.04. The number of nitrogens with zero attached hydrogens (tertiary/aromatic N) is 3. The second-order valence-electron chi connectivity index (χ2n) is 3.22. The number of rotatable bonds is 4. The minimum atomic E-state index is 0.515. The van der Waals surface area contributed by atoms with Crippen molar-refractivity contribution in [3.63, 3.8) is 0 Å². The molecule has 6 heteroatoms. The van der Waals surface area contributed by atoms with Gasteiger partial charge in [0, 0.05) is 6.42 Å². The van der Waals surface area contributed by atoms with Crippen molar-refractivity contribution in [2.75, 3.05) is 6.54 Å². The molecule has 6 nitrogen and oxygen atoms in total. The van der Waals surface area contributed by atoms with Gasteiger partial charge in [0.1, 0.15) is 6.26 Å². The topological polar surface area (TPSA) is 91.0 Å². The molecule has 0 spiro atoms. The Morgan fingerprint density at radius 2 is 2.27 bits per heavy atom. The molecule has 0 aliphatic carbocycles. The van der Waals surface area contributed by atoms with Crippen LogP contribution in [0.4, 0.5) is 0 Å². The second-order valence-corrected chi connectivity index (χ2v) is 3.22. The molecule has 2 rings (SSSR count). The molecule has 0 atom stereocenters. The van der Waals surface area contributed by atoms with Crippen molar-refractivity contribution in [1.29, 1.82) is 0 Å². The molecule has 0 amide bonds. The van der Waals surface area contributed by atoms with Gasteiger partial charge in [0.25, 0.3) is 0 Å². The van der Waals surface area contributed by atoms with Gasteiger partial charge in [-0.05, 0) is 19.9 Å². The minimum Gasteiger partial charge on any atom is -0.364 e. The van der Waals surface area contributed by atoms with E-state index in [2.05, 4.69) is 15.3 Å². The van der Waals surface area contributed by atoms with Crippen LogP contribution in [-0.2, 0) is 6.42 Å². The van der Waals surface area contributed by atoms with E-state index in [9.17, 15) is 0 Å². The molecule has 2 aromatic heterocycles. The van der Waals surface area contributed by atoms with Gasteiger partial charge in [-0.15, -0.1) is 0 Å². The molecule has 80 valence electrons. The number of aryl methyl sites for hydroxylation is 2. The normalized spacial score (nSPS) is 10.8. The Morgan fingerprint density at radius 1 is 1.40 bits per heavy atom. The maximum absolute atomic E-state index is 5.39. The fraction of sp³-hybridized carbons (Fsp3) is 0.444. The van der Waals surface area contributed by atoms with Crippen molar-refractivity contribution in [2.45, 2.75) is 19.8 Å². The van der Waals surface area contributed by atoms with E-state index in [1.54, 1.807) is 0 Å². The quantitative estimate of drug-likeness (QED) is 0.803. The molecule has 0 aliphatic rings. The standard InChI is InChI=1S/C9H12N4O2/c1-6-7(5-14-12-6)9-11-8(15-13-9)3-2-4-10/h5H,2-4,10H2,1H3. The van der Waals surface area contributed by atoms with Crippen LogP contribution in [0, 0.1) is 6.92 Å². The lowest BCUT2D eigenvalue weighted by molar-refractivity contribution is 0.376. The van der Waals surface area contributed by atoms with Crippen LogP contribution in [0.25, 0.3) is 11.4 Å². The van der Waals surface area contributed by atoms with Crippen LogP contribution >= 0.6 is 0 Å². The van der Waals surface area contributed by atoms with E-state index in [4.69, 9.17) is 14.8 Å². The average Bonchev–Trinajstić information content (AvgIpc) is 2.83. The molecule has 0 fully saturated rings. The lowest BCUT2D eigenvalue weighted by Gasteiger charge is -1.88. The predicted octanol–water partition coefficient (Wildman–Crippen LogP) is 0.924. The van der Waals surface area contributed by atoms with Gasteiger partial charge in [0.15, 0.2) is 0 Å².